The molecule has 2 aliphatic rings. The zero-order valence-electron chi connectivity index (χ0n) is 14.1. The summed E-state index contributed by atoms with van der Waals surface area (Å²) in [7, 11) is 0. The van der Waals surface area contributed by atoms with Crippen molar-refractivity contribution in [3.63, 3.8) is 0 Å². The molecule has 1 heterocycles. The van der Waals surface area contributed by atoms with E-state index in [1.807, 2.05) is 49.1 Å². The smallest absolute Gasteiger partial charge is 0.249 e. The van der Waals surface area contributed by atoms with E-state index in [0.717, 1.165) is 31.2 Å². The van der Waals surface area contributed by atoms with Crippen LogP contribution in [0.2, 0.25) is 0 Å². The van der Waals surface area contributed by atoms with Crippen molar-refractivity contribution in [1.82, 2.24) is 10.2 Å². The first-order valence-electron chi connectivity index (χ1n) is 8.76. The monoisotopic (exact) mass is 314 g/mol. The fourth-order valence-corrected chi connectivity index (χ4v) is 4.22. The van der Waals surface area contributed by atoms with Crippen LogP contribution < -0.4 is 5.32 Å². The van der Waals surface area contributed by atoms with Crippen LogP contribution in [0.4, 0.5) is 0 Å². The molecule has 1 spiro atoms. The van der Waals surface area contributed by atoms with Gasteiger partial charge in [-0.05, 0) is 31.2 Å². The van der Waals surface area contributed by atoms with Gasteiger partial charge in [-0.25, -0.2) is 0 Å². The molecule has 0 bridgehead atoms. The molecule has 1 aromatic carbocycles. The lowest BCUT2D eigenvalue weighted by Crippen LogP contribution is -2.74. The first-order chi connectivity index (χ1) is 11.1. The summed E-state index contributed by atoms with van der Waals surface area (Å²) in [6.45, 7) is 4.51. The Hall–Kier alpha value is -1.84. The van der Waals surface area contributed by atoms with Crippen LogP contribution in [0.25, 0.3) is 0 Å². The average Bonchev–Trinajstić information content (AvgIpc) is 3.04. The number of benzene rings is 1. The Kier molecular flexibility index (Phi) is 4.17. The summed E-state index contributed by atoms with van der Waals surface area (Å²) in [5, 5.41) is 3.12. The molecule has 2 amide bonds. The second-order valence-corrected chi connectivity index (χ2v) is 6.86. The molecule has 1 aromatic rings. The fraction of sp³-hybridized carbons (Fsp3) is 0.579. The summed E-state index contributed by atoms with van der Waals surface area (Å²) >= 11 is 0. The minimum Gasteiger partial charge on any atom is -0.340 e. The van der Waals surface area contributed by atoms with E-state index in [0.29, 0.717) is 19.4 Å². The molecular formula is C19H26N2O2. The summed E-state index contributed by atoms with van der Waals surface area (Å²) < 4.78 is 0. The van der Waals surface area contributed by atoms with E-state index < -0.39 is 11.1 Å². The van der Waals surface area contributed by atoms with Gasteiger partial charge in [0.25, 0.3) is 0 Å². The van der Waals surface area contributed by atoms with Crippen LogP contribution >= 0.6 is 0 Å². The van der Waals surface area contributed by atoms with Crippen LogP contribution in [0, 0.1) is 0 Å². The topological polar surface area (TPSA) is 49.4 Å². The predicted molar refractivity (Wildman–Crippen MR) is 89.6 cm³/mol. The van der Waals surface area contributed by atoms with E-state index in [1.165, 1.54) is 0 Å². The van der Waals surface area contributed by atoms with Gasteiger partial charge in [0.2, 0.25) is 11.8 Å². The third kappa shape index (κ3) is 2.44. The SMILES string of the molecule is CCC1(CC)C(=O)NC2(CCCC2)C(=O)N1Cc1ccccc1. The molecule has 0 radical (unpaired) electrons. The van der Waals surface area contributed by atoms with E-state index in [2.05, 4.69) is 5.32 Å². The van der Waals surface area contributed by atoms with Crippen molar-refractivity contribution in [3.05, 3.63) is 35.9 Å². The van der Waals surface area contributed by atoms with Gasteiger partial charge in [-0.15, -0.1) is 0 Å². The Labute approximate surface area is 138 Å². The average molecular weight is 314 g/mol. The molecule has 1 aliphatic carbocycles. The zero-order valence-corrected chi connectivity index (χ0v) is 14.1. The van der Waals surface area contributed by atoms with Crippen molar-refractivity contribution < 1.29 is 9.59 Å². The molecule has 3 rings (SSSR count). The summed E-state index contributed by atoms with van der Waals surface area (Å²) in [6.07, 6.45) is 4.85. The molecule has 1 saturated heterocycles. The van der Waals surface area contributed by atoms with Crippen LogP contribution in [0.1, 0.15) is 57.9 Å². The summed E-state index contributed by atoms with van der Waals surface area (Å²) in [5.41, 5.74) is -0.296. The number of hydrogen-bond donors (Lipinski definition) is 1. The first kappa shape index (κ1) is 16.0. The third-order valence-corrected chi connectivity index (χ3v) is 5.76. The highest BCUT2D eigenvalue weighted by Crippen LogP contribution is 2.40. The zero-order chi connectivity index (χ0) is 16.5. The maximum Gasteiger partial charge on any atom is 0.249 e. The van der Waals surface area contributed by atoms with Gasteiger partial charge >= 0.3 is 0 Å². The molecule has 0 unspecified atom stereocenters. The summed E-state index contributed by atoms with van der Waals surface area (Å²) in [4.78, 5) is 28.2. The summed E-state index contributed by atoms with van der Waals surface area (Å²) in [5.74, 6) is 0.141. The highest BCUT2D eigenvalue weighted by molar-refractivity contribution is 6.02. The first-order valence-corrected chi connectivity index (χ1v) is 8.76. The van der Waals surface area contributed by atoms with E-state index in [4.69, 9.17) is 0 Å². The highest BCUT2D eigenvalue weighted by atomic mass is 16.2. The normalized spacial score (nSPS) is 22.4. The van der Waals surface area contributed by atoms with Crippen LogP contribution in [-0.2, 0) is 16.1 Å². The molecule has 23 heavy (non-hydrogen) atoms. The molecule has 4 nitrogen and oxygen atoms in total. The fourth-order valence-electron chi connectivity index (χ4n) is 4.22. The quantitative estimate of drug-likeness (QED) is 0.928. The van der Waals surface area contributed by atoms with Gasteiger partial charge in [-0.1, -0.05) is 57.0 Å². The van der Waals surface area contributed by atoms with Crippen molar-refractivity contribution in [2.75, 3.05) is 0 Å². The number of amides is 2. The Balaban J connectivity index is 2.00. The minimum absolute atomic E-state index is 0.0277. The summed E-state index contributed by atoms with van der Waals surface area (Å²) in [6, 6.07) is 9.98. The molecule has 0 aromatic heterocycles. The van der Waals surface area contributed by atoms with Gasteiger partial charge < -0.3 is 10.2 Å². The number of rotatable bonds is 4. The Morgan fingerprint density at radius 3 is 2.22 bits per heavy atom. The van der Waals surface area contributed by atoms with Gasteiger partial charge in [-0.3, -0.25) is 9.59 Å². The molecule has 1 aliphatic heterocycles. The number of nitrogens with zero attached hydrogens (tertiary/aromatic N) is 1. The number of piperazine rings is 1. The van der Waals surface area contributed by atoms with Crippen molar-refractivity contribution in [2.45, 2.75) is 70.0 Å². The second kappa shape index (κ2) is 5.99. The lowest BCUT2D eigenvalue weighted by Gasteiger charge is -2.51. The van der Waals surface area contributed by atoms with E-state index in [1.54, 1.807) is 0 Å². The molecule has 1 saturated carbocycles. The predicted octanol–water partition coefficient (Wildman–Crippen LogP) is 3.02. The van der Waals surface area contributed by atoms with Gasteiger partial charge in [0, 0.05) is 6.54 Å². The van der Waals surface area contributed by atoms with Crippen LogP contribution in [0.15, 0.2) is 30.3 Å². The van der Waals surface area contributed by atoms with E-state index in [9.17, 15) is 9.59 Å². The molecule has 1 N–H and O–H groups in total. The lowest BCUT2D eigenvalue weighted by molar-refractivity contribution is -0.165. The van der Waals surface area contributed by atoms with Gasteiger partial charge in [-0.2, -0.15) is 0 Å². The van der Waals surface area contributed by atoms with E-state index >= 15 is 0 Å². The molecule has 0 atom stereocenters. The Morgan fingerprint density at radius 2 is 1.65 bits per heavy atom. The van der Waals surface area contributed by atoms with Gasteiger partial charge in [0.15, 0.2) is 0 Å². The van der Waals surface area contributed by atoms with Gasteiger partial charge in [0.1, 0.15) is 11.1 Å². The number of nitrogens with one attached hydrogen (secondary N) is 1. The van der Waals surface area contributed by atoms with Crippen molar-refractivity contribution in [2.24, 2.45) is 0 Å². The maximum absolute atomic E-state index is 13.3. The Morgan fingerprint density at radius 1 is 1.04 bits per heavy atom. The Bertz CT molecular complexity index is 587. The number of carbonyl (C=O) groups is 2. The molecule has 4 heteroatoms. The second-order valence-electron chi connectivity index (χ2n) is 6.86. The molecule has 124 valence electrons. The van der Waals surface area contributed by atoms with Crippen LogP contribution in [-0.4, -0.2) is 27.8 Å². The number of carbonyl (C=O) groups excluding carboxylic acids is 2. The maximum atomic E-state index is 13.3. The van der Waals surface area contributed by atoms with Crippen molar-refractivity contribution in [1.29, 1.82) is 0 Å². The number of hydrogen-bond acceptors (Lipinski definition) is 2. The standard InChI is InChI=1S/C19H26N2O2/c1-3-19(4-2)16(22)20-18(12-8-9-13-18)17(23)21(19)14-15-10-6-5-7-11-15/h5-7,10-11H,3-4,8-9,12-14H2,1-2H3,(H,20,22). The van der Waals surface area contributed by atoms with Crippen molar-refractivity contribution in [3.8, 4) is 0 Å². The highest BCUT2D eigenvalue weighted by Gasteiger charge is 2.57. The van der Waals surface area contributed by atoms with E-state index in [-0.39, 0.29) is 11.8 Å². The van der Waals surface area contributed by atoms with Crippen LogP contribution in [0.3, 0.4) is 0 Å². The lowest BCUT2D eigenvalue weighted by atomic mass is 9.80. The molecular weight excluding hydrogens is 288 g/mol. The van der Waals surface area contributed by atoms with Crippen molar-refractivity contribution >= 4 is 11.8 Å². The largest absolute Gasteiger partial charge is 0.340 e. The minimum atomic E-state index is -0.721. The van der Waals surface area contributed by atoms with Gasteiger partial charge in [0.05, 0.1) is 0 Å². The molecule has 2 fully saturated rings. The van der Waals surface area contributed by atoms with Crippen LogP contribution in [0.5, 0.6) is 0 Å². The third-order valence-electron chi connectivity index (χ3n) is 5.76.